The van der Waals surface area contributed by atoms with Crippen LogP contribution in [0.3, 0.4) is 0 Å². The second-order valence-corrected chi connectivity index (χ2v) is 6.81. The zero-order valence-electron chi connectivity index (χ0n) is 14.5. The molecule has 1 atom stereocenters. The van der Waals surface area contributed by atoms with Crippen molar-refractivity contribution < 1.29 is 9.47 Å². The Bertz CT molecular complexity index is 890. The summed E-state index contributed by atoms with van der Waals surface area (Å²) in [5.41, 5.74) is 2.39. The number of aromatic nitrogens is 4. The molecule has 0 radical (unpaired) electrons. The number of halogens is 1. The van der Waals surface area contributed by atoms with Gasteiger partial charge < -0.3 is 14.8 Å². The van der Waals surface area contributed by atoms with Crippen molar-refractivity contribution in [1.29, 1.82) is 0 Å². The highest BCUT2D eigenvalue weighted by molar-refractivity contribution is 6.30. The summed E-state index contributed by atoms with van der Waals surface area (Å²) < 4.78 is 13.2. The lowest BCUT2D eigenvalue weighted by molar-refractivity contribution is 0.187. The SMILES string of the molecule is Cn1c(NCC2CCOC2)nc2c(OCc3ccc(Cl)cc3)ncnc21. The summed E-state index contributed by atoms with van der Waals surface area (Å²) >= 11 is 5.91. The molecule has 1 aromatic carbocycles. The molecule has 1 aliphatic heterocycles. The van der Waals surface area contributed by atoms with Crippen molar-refractivity contribution in [3.8, 4) is 5.88 Å². The number of aryl methyl sites for hydroxylation is 1. The van der Waals surface area contributed by atoms with Gasteiger partial charge in [-0.3, -0.25) is 4.57 Å². The van der Waals surface area contributed by atoms with Crippen molar-refractivity contribution in [2.45, 2.75) is 13.0 Å². The van der Waals surface area contributed by atoms with Crippen LogP contribution >= 0.6 is 11.6 Å². The maximum atomic E-state index is 5.91. The van der Waals surface area contributed by atoms with Crippen LogP contribution in [0.2, 0.25) is 5.02 Å². The molecule has 26 heavy (non-hydrogen) atoms. The number of nitrogens with one attached hydrogen (secondary N) is 1. The highest BCUT2D eigenvalue weighted by Crippen LogP contribution is 2.25. The minimum absolute atomic E-state index is 0.391. The van der Waals surface area contributed by atoms with E-state index in [0.717, 1.165) is 43.3 Å². The number of fused-ring (bicyclic) bond motifs is 1. The van der Waals surface area contributed by atoms with Gasteiger partial charge in [0.05, 0.1) is 6.61 Å². The minimum atomic E-state index is 0.391. The molecule has 0 aliphatic carbocycles. The largest absolute Gasteiger partial charge is 0.471 e. The lowest BCUT2D eigenvalue weighted by Gasteiger charge is -2.09. The lowest BCUT2D eigenvalue weighted by Crippen LogP contribution is -2.16. The van der Waals surface area contributed by atoms with E-state index in [0.29, 0.717) is 28.9 Å². The third kappa shape index (κ3) is 3.59. The van der Waals surface area contributed by atoms with Gasteiger partial charge in [0.1, 0.15) is 12.9 Å². The molecule has 7 nitrogen and oxygen atoms in total. The second kappa shape index (κ2) is 7.47. The zero-order chi connectivity index (χ0) is 17.9. The fourth-order valence-electron chi connectivity index (χ4n) is 2.95. The first-order chi connectivity index (χ1) is 12.7. The van der Waals surface area contributed by atoms with E-state index >= 15 is 0 Å². The second-order valence-electron chi connectivity index (χ2n) is 6.37. The van der Waals surface area contributed by atoms with Crippen molar-refractivity contribution in [2.24, 2.45) is 13.0 Å². The van der Waals surface area contributed by atoms with Crippen LogP contribution in [0.4, 0.5) is 5.95 Å². The Morgan fingerprint density at radius 2 is 2.15 bits per heavy atom. The van der Waals surface area contributed by atoms with Gasteiger partial charge in [-0.2, -0.15) is 4.98 Å². The van der Waals surface area contributed by atoms with Crippen molar-refractivity contribution in [3.05, 3.63) is 41.2 Å². The molecule has 0 amide bonds. The first kappa shape index (κ1) is 17.1. The topological polar surface area (TPSA) is 74.1 Å². The zero-order valence-corrected chi connectivity index (χ0v) is 15.2. The molecule has 1 aliphatic rings. The first-order valence-corrected chi connectivity index (χ1v) is 8.95. The number of imidazole rings is 1. The highest BCUT2D eigenvalue weighted by atomic mass is 35.5. The van der Waals surface area contributed by atoms with Crippen LogP contribution < -0.4 is 10.1 Å². The molecule has 8 heteroatoms. The van der Waals surface area contributed by atoms with E-state index in [4.69, 9.17) is 21.1 Å². The molecule has 3 aromatic rings. The molecule has 1 saturated heterocycles. The molecule has 0 spiro atoms. The molecule has 0 bridgehead atoms. The molecule has 1 fully saturated rings. The Morgan fingerprint density at radius 3 is 2.92 bits per heavy atom. The number of ether oxygens (including phenoxy) is 2. The van der Waals surface area contributed by atoms with Crippen molar-refractivity contribution in [1.82, 2.24) is 19.5 Å². The molecular weight excluding hydrogens is 354 g/mol. The third-order valence-electron chi connectivity index (χ3n) is 4.48. The minimum Gasteiger partial charge on any atom is -0.471 e. The summed E-state index contributed by atoms with van der Waals surface area (Å²) in [6, 6.07) is 7.53. The number of anilines is 1. The van der Waals surface area contributed by atoms with E-state index in [1.165, 1.54) is 6.33 Å². The maximum Gasteiger partial charge on any atom is 0.245 e. The van der Waals surface area contributed by atoms with Crippen LogP contribution in [-0.4, -0.2) is 39.3 Å². The Kier molecular flexibility index (Phi) is 4.90. The molecule has 136 valence electrons. The van der Waals surface area contributed by atoms with Gasteiger partial charge in [-0.15, -0.1) is 0 Å². The highest BCUT2D eigenvalue weighted by Gasteiger charge is 2.18. The summed E-state index contributed by atoms with van der Waals surface area (Å²) in [5, 5.41) is 4.09. The maximum absolute atomic E-state index is 5.91. The smallest absolute Gasteiger partial charge is 0.245 e. The van der Waals surface area contributed by atoms with Gasteiger partial charge in [0.2, 0.25) is 11.8 Å². The van der Waals surface area contributed by atoms with Crippen molar-refractivity contribution in [3.63, 3.8) is 0 Å². The van der Waals surface area contributed by atoms with Crippen LogP contribution in [0.5, 0.6) is 5.88 Å². The van der Waals surface area contributed by atoms with Crippen LogP contribution in [0.1, 0.15) is 12.0 Å². The standard InChI is InChI=1S/C18H20ClN5O2/c1-24-16-15(23-18(24)20-8-13-6-7-25-9-13)17(22-11-21-16)26-10-12-2-4-14(19)5-3-12/h2-5,11,13H,6-10H2,1H3,(H,20,23). The number of benzene rings is 1. The van der Waals surface area contributed by atoms with E-state index in [-0.39, 0.29) is 0 Å². The summed E-state index contributed by atoms with van der Waals surface area (Å²) in [6.07, 6.45) is 2.57. The molecule has 3 heterocycles. The molecular formula is C18H20ClN5O2. The van der Waals surface area contributed by atoms with Crippen molar-refractivity contribution >= 4 is 28.7 Å². The van der Waals surface area contributed by atoms with Gasteiger partial charge >= 0.3 is 0 Å². The number of hydrogen-bond acceptors (Lipinski definition) is 6. The fraction of sp³-hybridized carbons (Fsp3) is 0.389. The van der Waals surface area contributed by atoms with E-state index < -0.39 is 0 Å². The molecule has 4 rings (SSSR count). The summed E-state index contributed by atoms with van der Waals surface area (Å²) in [7, 11) is 1.93. The predicted molar refractivity (Wildman–Crippen MR) is 99.5 cm³/mol. The Labute approximate surface area is 156 Å². The summed E-state index contributed by atoms with van der Waals surface area (Å²) in [5.74, 6) is 1.74. The average molecular weight is 374 g/mol. The Balaban J connectivity index is 1.51. The first-order valence-electron chi connectivity index (χ1n) is 8.57. The van der Waals surface area contributed by atoms with E-state index in [9.17, 15) is 0 Å². The van der Waals surface area contributed by atoms with Crippen molar-refractivity contribution in [2.75, 3.05) is 25.1 Å². The Morgan fingerprint density at radius 1 is 1.31 bits per heavy atom. The van der Waals surface area contributed by atoms with Gasteiger partial charge in [0.15, 0.2) is 11.2 Å². The average Bonchev–Trinajstić information content (AvgIpc) is 3.28. The van der Waals surface area contributed by atoms with Gasteiger partial charge in [-0.25, -0.2) is 9.97 Å². The summed E-state index contributed by atoms with van der Waals surface area (Å²) in [6.45, 7) is 2.85. The van der Waals surface area contributed by atoms with E-state index in [1.807, 2.05) is 35.9 Å². The molecule has 0 saturated carbocycles. The van der Waals surface area contributed by atoms with Crippen LogP contribution in [0.15, 0.2) is 30.6 Å². The predicted octanol–water partition coefficient (Wildman–Crippen LogP) is 3.04. The molecule has 2 aromatic heterocycles. The molecule has 1 unspecified atom stereocenters. The Hall–Kier alpha value is -2.38. The number of nitrogens with zero attached hydrogens (tertiary/aromatic N) is 4. The van der Waals surface area contributed by atoms with Crippen LogP contribution in [0.25, 0.3) is 11.2 Å². The third-order valence-corrected chi connectivity index (χ3v) is 4.74. The number of rotatable bonds is 6. The number of hydrogen-bond donors (Lipinski definition) is 1. The summed E-state index contributed by atoms with van der Waals surface area (Å²) in [4.78, 5) is 13.2. The van der Waals surface area contributed by atoms with Gasteiger partial charge in [-0.1, -0.05) is 23.7 Å². The van der Waals surface area contributed by atoms with Crippen LogP contribution in [0, 0.1) is 5.92 Å². The van der Waals surface area contributed by atoms with E-state index in [1.54, 1.807) is 0 Å². The monoisotopic (exact) mass is 373 g/mol. The van der Waals surface area contributed by atoms with Gasteiger partial charge in [-0.05, 0) is 24.1 Å². The quantitative estimate of drug-likeness (QED) is 0.715. The normalized spacial score (nSPS) is 16.9. The lowest BCUT2D eigenvalue weighted by atomic mass is 10.1. The fourth-order valence-corrected chi connectivity index (χ4v) is 3.08. The van der Waals surface area contributed by atoms with Gasteiger partial charge in [0, 0.05) is 31.1 Å². The molecule has 1 N–H and O–H groups in total. The van der Waals surface area contributed by atoms with Crippen LogP contribution in [-0.2, 0) is 18.4 Å². The van der Waals surface area contributed by atoms with E-state index in [2.05, 4.69) is 20.3 Å². The van der Waals surface area contributed by atoms with Gasteiger partial charge in [0.25, 0.3) is 0 Å².